The summed E-state index contributed by atoms with van der Waals surface area (Å²) in [6, 6.07) is 0. The molecule has 15 heavy (non-hydrogen) atoms. The van der Waals surface area contributed by atoms with E-state index in [4.69, 9.17) is 0 Å². The second kappa shape index (κ2) is 13.4. The molecule has 0 heterocycles. The third-order valence-corrected chi connectivity index (χ3v) is 1.84. The maximum atomic E-state index is 10.8. The maximum absolute atomic E-state index is 10.8. The molecule has 0 bridgehead atoms. The molecule has 0 aliphatic rings. The molecule has 0 radical (unpaired) electrons. The topological polar surface area (TPSA) is 41.1 Å². The Labute approximate surface area is 95.0 Å². The predicted octanol–water partition coefficient (Wildman–Crippen LogP) is 2.17. The van der Waals surface area contributed by atoms with Crippen molar-refractivity contribution in [3.63, 3.8) is 0 Å². The average Bonchev–Trinajstić information content (AvgIpc) is 2.25. The monoisotopic (exact) mass is 216 g/mol. The van der Waals surface area contributed by atoms with Gasteiger partial charge in [0.05, 0.1) is 0 Å². The van der Waals surface area contributed by atoms with E-state index in [1.807, 2.05) is 13.8 Å². The second-order valence-electron chi connectivity index (χ2n) is 3.73. The molecule has 0 saturated carbocycles. The van der Waals surface area contributed by atoms with Crippen LogP contribution in [0.25, 0.3) is 0 Å². The quantitative estimate of drug-likeness (QED) is 0.640. The van der Waals surface area contributed by atoms with Crippen molar-refractivity contribution in [3.05, 3.63) is 0 Å². The number of rotatable bonds is 7. The van der Waals surface area contributed by atoms with Gasteiger partial charge in [-0.2, -0.15) is 0 Å². The molecule has 0 unspecified atom stereocenters. The fourth-order valence-electron chi connectivity index (χ4n) is 1.05. The molecule has 2 N–H and O–H groups in total. The first-order chi connectivity index (χ1) is 7.16. The summed E-state index contributed by atoms with van der Waals surface area (Å²) in [4.78, 5) is 10.8. The zero-order chi connectivity index (χ0) is 12.1. The minimum absolute atomic E-state index is 0.142. The highest BCUT2D eigenvalue weighted by Gasteiger charge is 1.97. The van der Waals surface area contributed by atoms with E-state index in [1.54, 1.807) is 7.05 Å². The van der Waals surface area contributed by atoms with Gasteiger partial charge in [-0.15, -0.1) is 0 Å². The second-order valence-corrected chi connectivity index (χ2v) is 3.73. The van der Waals surface area contributed by atoms with Crippen LogP contribution in [-0.2, 0) is 4.79 Å². The molecule has 0 saturated heterocycles. The van der Waals surface area contributed by atoms with E-state index >= 15 is 0 Å². The lowest BCUT2D eigenvalue weighted by molar-refractivity contribution is -0.120. The van der Waals surface area contributed by atoms with Gasteiger partial charge in [0.1, 0.15) is 0 Å². The van der Waals surface area contributed by atoms with E-state index in [9.17, 15) is 4.79 Å². The third-order valence-electron chi connectivity index (χ3n) is 1.84. The minimum Gasteiger partial charge on any atom is -0.359 e. The number of carbonyl (C=O) groups excluding carboxylic acids is 1. The SMILES string of the molecule is CC.CNC(=O)CCCCNCC(C)C. The molecule has 0 aliphatic carbocycles. The summed E-state index contributed by atoms with van der Waals surface area (Å²) in [7, 11) is 1.68. The molecule has 0 spiro atoms. The van der Waals surface area contributed by atoms with Gasteiger partial charge in [0, 0.05) is 13.5 Å². The average molecular weight is 216 g/mol. The molecule has 3 nitrogen and oxygen atoms in total. The van der Waals surface area contributed by atoms with Gasteiger partial charge in [-0.3, -0.25) is 4.79 Å². The van der Waals surface area contributed by atoms with Crippen LogP contribution in [-0.4, -0.2) is 26.0 Å². The van der Waals surface area contributed by atoms with Crippen molar-refractivity contribution < 1.29 is 4.79 Å². The Morgan fingerprint density at radius 1 is 1.20 bits per heavy atom. The largest absolute Gasteiger partial charge is 0.359 e. The molecule has 0 aromatic rings. The van der Waals surface area contributed by atoms with Crippen molar-refractivity contribution in [2.45, 2.75) is 47.0 Å². The van der Waals surface area contributed by atoms with E-state index in [-0.39, 0.29) is 5.91 Å². The van der Waals surface area contributed by atoms with Gasteiger partial charge in [-0.05, 0) is 31.8 Å². The number of carbonyl (C=O) groups is 1. The Morgan fingerprint density at radius 2 is 1.80 bits per heavy atom. The van der Waals surface area contributed by atoms with E-state index in [1.165, 1.54) is 0 Å². The molecule has 0 rings (SSSR count). The predicted molar refractivity (Wildman–Crippen MR) is 67.0 cm³/mol. The number of unbranched alkanes of at least 4 members (excludes halogenated alkanes) is 1. The summed E-state index contributed by atoms with van der Waals surface area (Å²) in [6.07, 6.45) is 2.71. The Bertz CT molecular complexity index is 136. The summed E-state index contributed by atoms with van der Waals surface area (Å²) in [5, 5.41) is 5.96. The normalized spacial score (nSPS) is 9.47. The highest BCUT2D eigenvalue weighted by Crippen LogP contribution is 1.94. The van der Waals surface area contributed by atoms with Crippen LogP contribution < -0.4 is 10.6 Å². The van der Waals surface area contributed by atoms with Crippen LogP contribution in [0.2, 0.25) is 0 Å². The van der Waals surface area contributed by atoms with Crippen LogP contribution in [0.4, 0.5) is 0 Å². The summed E-state index contributed by atoms with van der Waals surface area (Å²) in [5.41, 5.74) is 0. The number of amides is 1. The lowest BCUT2D eigenvalue weighted by atomic mass is 10.2. The molecule has 0 fully saturated rings. The minimum atomic E-state index is 0.142. The zero-order valence-electron chi connectivity index (χ0n) is 11.0. The van der Waals surface area contributed by atoms with Gasteiger partial charge < -0.3 is 10.6 Å². The first-order valence-corrected chi connectivity index (χ1v) is 6.08. The molecule has 3 heteroatoms. The van der Waals surface area contributed by atoms with E-state index in [0.29, 0.717) is 12.3 Å². The molecule has 0 aromatic carbocycles. The summed E-state index contributed by atoms with van der Waals surface area (Å²) in [5.74, 6) is 0.850. The smallest absolute Gasteiger partial charge is 0.219 e. The van der Waals surface area contributed by atoms with Crippen LogP contribution >= 0.6 is 0 Å². The Morgan fingerprint density at radius 3 is 2.27 bits per heavy atom. The Hall–Kier alpha value is -0.570. The first-order valence-electron chi connectivity index (χ1n) is 6.08. The lowest BCUT2D eigenvalue weighted by Gasteiger charge is -2.06. The zero-order valence-corrected chi connectivity index (χ0v) is 11.0. The van der Waals surface area contributed by atoms with Crippen LogP contribution in [0.1, 0.15) is 47.0 Å². The third kappa shape index (κ3) is 16.1. The van der Waals surface area contributed by atoms with Gasteiger partial charge in [-0.25, -0.2) is 0 Å². The molecule has 0 aromatic heterocycles. The molecule has 1 amide bonds. The number of nitrogens with one attached hydrogen (secondary N) is 2. The summed E-state index contributed by atoms with van der Waals surface area (Å²) in [6.45, 7) is 10.5. The van der Waals surface area contributed by atoms with Crippen molar-refractivity contribution in [2.24, 2.45) is 5.92 Å². The van der Waals surface area contributed by atoms with Gasteiger partial charge in [-0.1, -0.05) is 27.7 Å². The maximum Gasteiger partial charge on any atom is 0.219 e. The molecule has 0 aliphatic heterocycles. The van der Waals surface area contributed by atoms with Crippen molar-refractivity contribution in [1.29, 1.82) is 0 Å². The van der Waals surface area contributed by atoms with Crippen molar-refractivity contribution >= 4 is 5.91 Å². The Balaban J connectivity index is 0. The molecular formula is C12H28N2O. The highest BCUT2D eigenvalue weighted by molar-refractivity contribution is 5.75. The fraction of sp³-hybridized carbons (Fsp3) is 0.917. The van der Waals surface area contributed by atoms with Crippen LogP contribution in [0.5, 0.6) is 0 Å². The van der Waals surface area contributed by atoms with E-state index < -0.39 is 0 Å². The van der Waals surface area contributed by atoms with Crippen LogP contribution in [0.3, 0.4) is 0 Å². The number of hydrogen-bond acceptors (Lipinski definition) is 2. The summed E-state index contributed by atoms with van der Waals surface area (Å²) >= 11 is 0. The van der Waals surface area contributed by atoms with Gasteiger partial charge in [0.15, 0.2) is 0 Å². The first kappa shape index (κ1) is 16.8. The summed E-state index contributed by atoms with van der Waals surface area (Å²) < 4.78 is 0. The van der Waals surface area contributed by atoms with Crippen LogP contribution in [0.15, 0.2) is 0 Å². The standard InChI is InChI=1S/C10H22N2O.C2H6/c1-9(2)8-12-7-5-4-6-10(13)11-3;1-2/h9,12H,4-8H2,1-3H3,(H,11,13);1-2H3. The Kier molecular flexibility index (Phi) is 15.1. The molecule has 0 atom stereocenters. The van der Waals surface area contributed by atoms with Crippen molar-refractivity contribution in [2.75, 3.05) is 20.1 Å². The van der Waals surface area contributed by atoms with Crippen molar-refractivity contribution in [1.82, 2.24) is 10.6 Å². The van der Waals surface area contributed by atoms with Crippen molar-refractivity contribution in [3.8, 4) is 0 Å². The number of hydrogen-bond donors (Lipinski definition) is 2. The van der Waals surface area contributed by atoms with E-state index in [2.05, 4.69) is 24.5 Å². The fourth-order valence-corrected chi connectivity index (χ4v) is 1.05. The van der Waals surface area contributed by atoms with Gasteiger partial charge in [0.2, 0.25) is 5.91 Å². The molecular weight excluding hydrogens is 188 g/mol. The highest BCUT2D eigenvalue weighted by atomic mass is 16.1. The van der Waals surface area contributed by atoms with E-state index in [0.717, 1.165) is 25.9 Å². The van der Waals surface area contributed by atoms with Crippen LogP contribution in [0, 0.1) is 5.92 Å². The van der Waals surface area contributed by atoms with Gasteiger partial charge in [0.25, 0.3) is 0 Å². The lowest BCUT2D eigenvalue weighted by Crippen LogP contribution is -2.21. The molecule has 92 valence electrons. The van der Waals surface area contributed by atoms with Gasteiger partial charge >= 0.3 is 0 Å².